The second-order valence-electron chi connectivity index (χ2n) is 3.77. The molecule has 90 valence electrons. The molecule has 1 N–H and O–H groups in total. The number of nitrogens with one attached hydrogen (secondary N) is 1. The number of rotatable bonds is 8. The lowest BCUT2D eigenvalue weighted by Crippen LogP contribution is -2.43. The van der Waals surface area contributed by atoms with E-state index in [0.29, 0.717) is 12.6 Å². The molecule has 0 saturated carbocycles. The van der Waals surface area contributed by atoms with Crippen LogP contribution in [0.3, 0.4) is 0 Å². The molecule has 1 atom stereocenters. The molecule has 0 aromatic carbocycles. The highest BCUT2D eigenvalue weighted by atomic mass is 16.5. The van der Waals surface area contributed by atoms with Crippen LogP contribution in [0.15, 0.2) is 0 Å². The molecule has 0 aliphatic carbocycles. The quantitative estimate of drug-likeness (QED) is 0.632. The molecule has 0 aliphatic rings. The zero-order valence-electron chi connectivity index (χ0n) is 10.5. The number of carbonyl (C=O) groups is 1. The van der Waals surface area contributed by atoms with Gasteiger partial charge < -0.3 is 10.1 Å². The summed E-state index contributed by atoms with van der Waals surface area (Å²) in [5.41, 5.74) is 0. The lowest BCUT2D eigenvalue weighted by atomic mass is 10.1. The summed E-state index contributed by atoms with van der Waals surface area (Å²) in [6, 6.07) is 0.297. The molecule has 0 bridgehead atoms. The second-order valence-corrected chi connectivity index (χ2v) is 3.77. The second kappa shape index (κ2) is 8.72. The van der Waals surface area contributed by atoms with Crippen molar-refractivity contribution in [3.8, 4) is 0 Å². The van der Waals surface area contributed by atoms with Crippen molar-refractivity contribution >= 4 is 5.97 Å². The standard InChI is InChI=1S/C12H25NO2/c1-5-9-11(12(14)15-8-4)13-10(6-2)7-3/h10-11,13H,5-9H2,1-4H3. The van der Waals surface area contributed by atoms with Crippen LogP contribution >= 0.6 is 0 Å². The minimum atomic E-state index is -0.125. The van der Waals surface area contributed by atoms with Crippen molar-refractivity contribution in [1.29, 1.82) is 0 Å². The van der Waals surface area contributed by atoms with Gasteiger partial charge in [-0.15, -0.1) is 0 Å². The van der Waals surface area contributed by atoms with Crippen LogP contribution in [-0.4, -0.2) is 24.7 Å². The van der Waals surface area contributed by atoms with E-state index in [9.17, 15) is 4.79 Å². The van der Waals surface area contributed by atoms with Gasteiger partial charge in [-0.1, -0.05) is 27.2 Å². The Labute approximate surface area is 93.6 Å². The van der Waals surface area contributed by atoms with Crippen LogP contribution in [0.25, 0.3) is 0 Å². The zero-order valence-corrected chi connectivity index (χ0v) is 10.5. The average Bonchev–Trinajstić information content (AvgIpc) is 2.24. The van der Waals surface area contributed by atoms with Gasteiger partial charge in [-0.3, -0.25) is 4.79 Å². The summed E-state index contributed by atoms with van der Waals surface area (Å²) in [5.74, 6) is -0.105. The van der Waals surface area contributed by atoms with E-state index in [4.69, 9.17) is 4.74 Å². The lowest BCUT2D eigenvalue weighted by molar-refractivity contribution is -0.146. The van der Waals surface area contributed by atoms with Gasteiger partial charge in [-0.2, -0.15) is 0 Å². The third-order valence-corrected chi connectivity index (χ3v) is 2.57. The first-order chi connectivity index (χ1) is 7.19. The van der Waals surface area contributed by atoms with Crippen molar-refractivity contribution in [3.63, 3.8) is 0 Å². The van der Waals surface area contributed by atoms with Crippen molar-refractivity contribution < 1.29 is 9.53 Å². The Morgan fingerprint density at radius 3 is 2.20 bits per heavy atom. The Morgan fingerprint density at radius 2 is 1.80 bits per heavy atom. The minimum absolute atomic E-state index is 0.105. The molecule has 0 amide bonds. The number of hydrogen-bond acceptors (Lipinski definition) is 3. The minimum Gasteiger partial charge on any atom is -0.465 e. The van der Waals surface area contributed by atoms with Crippen LogP contribution in [0.4, 0.5) is 0 Å². The van der Waals surface area contributed by atoms with Crippen LogP contribution in [-0.2, 0) is 9.53 Å². The molecule has 0 heterocycles. The summed E-state index contributed by atoms with van der Waals surface area (Å²) in [5, 5.41) is 3.36. The van der Waals surface area contributed by atoms with Crippen LogP contribution < -0.4 is 5.32 Å². The first kappa shape index (κ1) is 14.4. The zero-order chi connectivity index (χ0) is 11.7. The fourth-order valence-corrected chi connectivity index (χ4v) is 1.61. The summed E-state index contributed by atoms with van der Waals surface area (Å²) in [4.78, 5) is 11.6. The Bertz CT molecular complexity index is 167. The van der Waals surface area contributed by atoms with Gasteiger partial charge in [0.1, 0.15) is 6.04 Å². The number of hydrogen-bond donors (Lipinski definition) is 1. The van der Waals surface area contributed by atoms with Gasteiger partial charge in [-0.05, 0) is 26.2 Å². The maximum Gasteiger partial charge on any atom is 0.323 e. The molecular weight excluding hydrogens is 190 g/mol. The largest absolute Gasteiger partial charge is 0.465 e. The molecule has 0 rings (SSSR count). The van der Waals surface area contributed by atoms with E-state index in [0.717, 1.165) is 25.7 Å². The van der Waals surface area contributed by atoms with Crippen LogP contribution in [0.1, 0.15) is 53.4 Å². The fourth-order valence-electron chi connectivity index (χ4n) is 1.61. The molecule has 0 saturated heterocycles. The predicted octanol–water partition coefficient (Wildman–Crippen LogP) is 2.50. The third kappa shape index (κ3) is 5.78. The highest BCUT2D eigenvalue weighted by molar-refractivity contribution is 5.75. The van der Waals surface area contributed by atoms with Crippen molar-refractivity contribution in [2.75, 3.05) is 6.61 Å². The summed E-state index contributed by atoms with van der Waals surface area (Å²) < 4.78 is 5.05. The van der Waals surface area contributed by atoms with E-state index in [1.807, 2.05) is 6.92 Å². The summed E-state index contributed by atoms with van der Waals surface area (Å²) in [6.45, 7) is 8.66. The van der Waals surface area contributed by atoms with Crippen molar-refractivity contribution in [2.45, 2.75) is 65.5 Å². The lowest BCUT2D eigenvalue weighted by Gasteiger charge is -2.22. The SMILES string of the molecule is CCCC(NC(CC)CC)C(=O)OCC. The molecule has 0 aromatic rings. The van der Waals surface area contributed by atoms with E-state index in [1.54, 1.807) is 0 Å². The third-order valence-electron chi connectivity index (χ3n) is 2.57. The molecule has 1 unspecified atom stereocenters. The van der Waals surface area contributed by atoms with Crippen molar-refractivity contribution in [2.24, 2.45) is 0 Å². The van der Waals surface area contributed by atoms with Crippen LogP contribution in [0.2, 0.25) is 0 Å². The topological polar surface area (TPSA) is 38.3 Å². The highest BCUT2D eigenvalue weighted by Gasteiger charge is 2.20. The Morgan fingerprint density at radius 1 is 1.20 bits per heavy atom. The van der Waals surface area contributed by atoms with Gasteiger partial charge in [0.25, 0.3) is 0 Å². The first-order valence-corrected chi connectivity index (χ1v) is 6.12. The molecule has 15 heavy (non-hydrogen) atoms. The van der Waals surface area contributed by atoms with Crippen LogP contribution in [0, 0.1) is 0 Å². The smallest absolute Gasteiger partial charge is 0.323 e. The molecule has 0 aromatic heterocycles. The van der Waals surface area contributed by atoms with E-state index in [-0.39, 0.29) is 12.0 Å². The summed E-state index contributed by atoms with van der Waals surface area (Å²) >= 11 is 0. The highest BCUT2D eigenvalue weighted by Crippen LogP contribution is 2.05. The number of ether oxygens (including phenoxy) is 1. The van der Waals surface area contributed by atoms with Crippen molar-refractivity contribution in [1.82, 2.24) is 5.32 Å². The fraction of sp³-hybridized carbons (Fsp3) is 0.917. The Kier molecular flexibility index (Phi) is 8.38. The van der Waals surface area contributed by atoms with E-state index < -0.39 is 0 Å². The van der Waals surface area contributed by atoms with Gasteiger partial charge in [0, 0.05) is 6.04 Å². The Hall–Kier alpha value is -0.570. The summed E-state index contributed by atoms with van der Waals surface area (Å²) in [6.07, 6.45) is 3.96. The molecule has 0 fully saturated rings. The monoisotopic (exact) mass is 215 g/mol. The molecule has 3 heteroatoms. The van der Waals surface area contributed by atoms with Gasteiger partial charge in [0.15, 0.2) is 0 Å². The Balaban J connectivity index is 4.18. The average molecular weight is 215 g/mol. The molecule has 0 aliphatic heterocycles. The van der Waals surface area contributed by atoms with E-state index in [2.05, 4.69) is 26.1 Å². The van der Waals surface area contributed by atoms with E-state index in [1.165, 1.54) is 0 Å². The maximum atomic E-state index is 11.6. The van der Waals surface area contributed by atoms with Crippen molar-refractivity contribution in [3.05, 3.63) is 0 Å². The molecule has 3 nitrogen and oxygen atoms in total. The van der Waals surface area contributed by atoms with Gasteiger partial charge in [-0.25, -0.2) is 0 Å². The summed E-state index contributed by atoms with van der Waals surface area (Å²) in [7, 11) is 0. The van der Waals surface area contributed by atoms with Gasteiger partial charge in [0.05, 0.1) is 6.61 Å². The van der Waals surface area contributed by atoms with Gasteiger partial charge >= 0.3 is 5.97 Å². The molecule has 0 radical (unpaired) electrons. The molecular formula is C12H25NO2. The van der Waals surface area contributed by atoms with Gasteiger partial charge in [0.2, 0.25) is 0 Å². The van der Waals surface area contributed by atoms with E-state index >= 15 is 0 Å². The number of carbonyl (C=O) groups excluding carboxylic acids is 1. The number of esters is 1. The predicted molar refractivity (Wildman–Crippen MR) is 62.8 cm³/mol. The van der Waals surface area contributed by atoms with Crippen LogP contribution in [0.5, 0.6) is 0 Å². The molecule has 0 spiro atoms. The first-order valence-electron chi connectivity index (χ1n) is 6.12. The normalized spacial score (nSPS) is 12.9. The maximum absolute atomic E-state index is 11.6.